The Labute approximate surface area is 123 Å². The van der Waals surface area contributed by atoms with E-state index in [2.05, 4.69) is 58.7 Å². The van der Waals surface area contributed by atoms with Crippen molar-refractivity contribution in [1.29, 1.82) is 0 Å². The molecule has 0 spiro atoms. The van der Waals surface area contributed by atoms with Crippen molar-refractivity contribution in [1.82, 2.24) is 15.1 Å². The van der Waals surface area contributed by atoms with E-state index in [-0.39, 0.29) is 0 Å². The Morgan fingerprint density at radius 3 is 2.72 bits per heavy atom. The summed E-state index contributed by atoms with van der Waals surface area (Å²) in [5, 5.41) is 8.68. The Morgan fingerprint density at radius 1 is 1.44 bits per heavy atom. The summed E-state index contributed by atoms with van der Waals surface area (Å²) in [7, 11) is 0. The van der Waals surface area contributed by atoms with Gasteiger partial charge in [0.25, 0.3) is 0 Å². The van der Waals surface area contributed by atoms with Gasteiger partial charge in [-0.3, -0.25) is 4.68 Å². The molecule has 0 saturated heterocycles. The van der Waals surface area contributed by atoms with Crippen LogP contribution >= 0.6 is 27.7 Å². The summed E-state index contributed by atoms with van der Waals surface area (Å²) in [6.45, 7) is 10.7. The van der Waals surface area contributed by atoms with Gasteiger partial charge in [-0.05, 0) is 35.8 Å². The maximum atomic E-state index is 4.41. The van der Waals surface area contributed by atoms with Crippen molar-refractivity contribution < 1.29 is 0 Å². The number of thioether (sulfide) groups is 1. The number of aromatic nitrogens is 2. The second-order valence-corrected chi connectivity index (χ2v) is 6.68. The highest BCUT2D eigenvalue weighted by Gasteiger charge is 2.19. The Balaban J connectivity index is 2.79. The van der Waals surface area contributed by atoms with E-state index >= 15 is 0 Å². The first kappa shape index (κ1) is 16.1. The van der Waals surface area contributed by atoms with Crippen molar-refractivity contribution in [3.8, 4) is 0 Å². The molecule has 0 bridgehead atoms. The van der Waals surface area contributed by atoms with Crippen LogP contribution in [0.2, 0.25) is 0 Å². The van der Waals surface area contributed by atoms with Crippen LogP contribution in [0.5, 0.6) is 0 Å². The lowest BCUT2D eigenvalue weighted by Gasteiger charge is -2.21. The molecule has 0 aromatic carbocycles. The van der Waals surface area contributed by atoms with Crippen molar-refractivity contribution in [2.75, 3.05) is 12.3 Å². The van der Waals surface area contributed by atoms with Gasteiger partial charge in [0.05, 0.1) is 22.4 Å². The van der Waals surface area contributed by atoms with Gasteiger partial charge < -0.3 is 5.32 Å². The van der Waals surface area contributed by atoms with Gasteiger partial charge in [0.1, 0.15) is 0 Å². The van der Waals surface area contributed by atoms with Crippen molar-refractivity contribution in [3.05, 3.63) is 16.4 Å². The van der Waals surface area contributed by atoms with E-state index in [1.54, 1.807) is 0 Å². The number of hydrogen-bond acceptors (Lipinski definition) is 3. The highest BCUT2D eigenvalue weighted by atomic mass is 79.9. The molecule has 1 aromatic heterocycles. The van der Waals surface area contributed by atoms with Gasteiger partial charge in [-0.15, -0.1) is 0 Å². The zero-order chi connectivity index (χ0) is 13.5. The number of hydrogen-bond donors (Lipinski definition) is 1. The first-order valence-electron chi connectivity index (χ1n) is 6.70. The Hall–Kier alpha value is 0. The summed E-state index contributed by atoms with van der Waals surface area (Å²) in [6.07, 6.45) is 3.12. The van der Waals surface area contributed by atoms with E-state index < -0.39 is 0 Å². The van der Waals surface area contributed by atoms with Crippen LogP contribution in [0.15, 0.2) is 10.7 Å². The lowest BCUT2D eigenvalue weighted by Crippen LogP contribution is -2.26. The molecule has 0 amide bonds. The van der Waals surface area contributed by atoms with Crippen LogP contribution in [0.3, 0.4) is 0 Å². The van der Waals surface area contributed by atoms with Crippen molar-refractivity contribution >= 4 is 27.7 Å². The molecular weight excluding hydrogens is 310 g/mol. The lowest BCUT2D eigenvalue weighted by atomic mass is 10.2. The average molecular weight is 334 g/mol. The minimum Gasteiger partial charge on any atom is -0.308 e. The summed E-state index contributed by atoms with van der Waals surface area (Å²) in [6, 6.07) is 0.367. The fourth-order valence-corrected chi connectivity index (χ4v) is 3.43. The quantitative estimate of drug-likeness (QED) is 0.783. The highest BCUT2D eigenvalue weighted by molar-refractivity contribution is 9.10. The highest BCUT2D eigenvalue weighted by Crippen LogP contribution is 2.28. The maximum absolute atomic E-state index is 4.41. The van der Waals surface area contributed by atoms with Gasteiger partial charge in [-0.25, -0.2) is 0 Å². The zero-order valence-electron chi connectivity index (χ0n) is 11.7. The second kappa shape index (κ2) is 8.23. The smallest absolute Gasteiger partial charge is 0.0703 e. The molecule has 0 saturated carbocycles. The predicted molar refractivity (Wildman–Crippen MR) is 84.2 cm³/mol. The van der Waals surface area contributed by atoms with Crippen LogP contribution in [0.4, 0.5) is 0 Å². The molecule has 104 valence electrons. The van der Waals surface area contributed by atoms with Crippen molar-refractivity contribution in [2.24, 2.45) is 0 Å². The molecule has 2 atom stereocenters. The molecule has 0 aliphatic rings. The molecule has 3 nitrogen and oxygen atoms in total. The van der Waals surface area contributed by atoms with Crippen molar-refractivity contribution in [3.63, 3.8) is 0 Å². The van der Waals surface area contributed by atoms with Crippen LogP contribution in [0.25, 0.3) is 0 Å². The van der Waals surface area contributed by atoms with E-state index in [1.165, 1.54) is 12.1 Å². The van der Waals surface area contributed by atoms with Gasteiger partial charge in [0.15, 0.2) is 0 Å². The molecule has 0 aliphatic carbocycles. The lowest BCUT2D eigenvalue weighted by molar-refractivity contribution is 0.524. The van der Waals surface area contributed by atoms with Gasteiger partial charge in [0.2, 0.25) is 0 Å². The van der Waals surface area contributed by atoms with E-state index in [4.69, 9.17) is 0 Å². The van der Waals surface area contributed by atoms with E-state index in [0.29, 0.717) is 11.3 Å². The number of rotatable bonds is 8. The Bertz CT molecular complexity index is 354. The normalized spacial score (nSPS) is 14.7. The monoisotopic (exact) mass is 333 g/mol. The topological polar surface area (TPSA) is 29.9 Å². The largest absolute Gasteiger partial charge is 0.308 e. The fraction of sp³-hybridized carbons (Fsp3) is 0.769. The van der Waals surface area contributed by atoms with Gasteiger partial charge in [-0.2, -0.15) is 16.9 Å². The third-order valence-corrected chi connectivity index (χ3v) is 5.07. The molecule has 1 aromatic rings. The molecule has 1 heterocycles. The fourth-order valence-electron chi connectivity index (χ4n) is 1.83. The number of aryl methyl sites for hydroxylation is 1. The predicted octanol–water partition coefficient (Wildman–Crippen LogP) is 3.85. The maximum Gasteiger partial charge on any atom is 0.0703 e. The Kier molecular flexibility index (Phi) is 7.34. The minimum absolute atomic E-state index is 0.367. The standard InChI is InChI=1S/C13H24BrN3S/c1-5-10(4)18-9-12(15-6-2)13-11(14)8-16-17(13)7-3/h8,10,12,15H,5-7,9H2,1-4H3. The number of nitrogens with one attached hydrogen (secondary N) is 1. The van der Waals surface area contributed by atoms with E-state index in [0.717, 1.165) is 23.3 Å². The molecule has 1 rings (SSSR count). The van der Waals surface area contributed by atoms with E-state index in [9.17, 15) is 0 Å². The minimum atomic E-state index is 0.367. The summed E-state index contributed by atoms with van der Waals surface area (Å²) in [5.41, 5.74) is 1.27. The molecule has 1 N–H and O–H groups in total. The summed E-state index contributed by atoms with van der Waals surface area (Å²) in [4.78, 5) is 0. The third-order valence-electron chi connectivity index (χ3n) is 3.04. The summed E-state index contributed by atoms with van der Waals surface area (Å²) < 4.78 is 3.19. The molecule has 0 aliphatic heterocycles. The van der Waals surface area contributed by atoms with Crippen LogP contribution in [0.1, 0.15) is 45.9 Å². The molecule has 0 radical (unpaired) electrons. The molecular formula is C13H24BrN3S. The van der Waals surface area contributed by atoms with Gasteiger partial charge in [-0.1, -0.05) is 20.8 Å². The average Bonchev–Trinajstić information content (AvgIpc) is 2.75. The first-order valence-corrected chi connectivity index (χ1v) is 8.54. The molecule has 18 heavy (non-hydrogen) atoms. The SMILES string of the molecule is CCNC(CSC(C)CC)c1c(Br)cnn1CC. The molecule has 0 fully saturated rings. The summed E-state index contributed by atoms with van der Waals surface area (Å²) >= 11 is 5.65. The Morgan fingerprint density at radius 2 is 2.17 bits per heavy atom. The zero-order valence-corrected chi connectivity index (χ0v) is 14.1. The van der Waals surface area contributed by atoms with Crippen molar-refractivity contribution in [2.45, 2.75) is 52.0 Å². The second-order valence-electron chi connectivity index (χ2n) is 4.36. The molecule has 5 heteroatoms. The van der Waals surface area contributed by atoms with E-state index in [1.807, 2.05) is 18.0 Å². The number of halogens is 1. The van der Waals surface area contributed by atoms with Crippen LogP contribution < -0.4 is 5.32 Å². The first-order chi connectivity index (χ1) is 8.63. The van der Waals surface area contributed by atoms with Gasteiger partial charge >= 0.3 is 0 Å². The third kappa shape index (κ3) is 4.28. The van der Waals surface area contributed by atoms with Crippen LogP contribution in [-0.2, 0) is 6.54 Å². The number of nitrogens with zero attached hydrogens (tertiary/aromatic N) is 2. The van der Waals surface area contributed by atoms with Gasteiger partial charge in [0, 0.05) is 17.5 Å². The molecule has 2 unspecified atom stereocenters. The van der Waals surface area contributed by atoms with Crippen LogP contribution in [0, 0.1) is 0 Å². The van der Waals surface area contributed by atoms with Crippen LogP contribution in [-0.4, -0.2) is 27.3 Å². The summed E-state index contributed by atoms with van der Waals surface area (Å²) in [5.74, 6) is 1.09.